The molecule has 11 heteroatoms. The Kier molecular flexibility index (Phi) is 3.73. The minimum absolute atomic E-state index is 0.116. The van der Waals surface area contributed by atoms with E-state index in [-0.39, 0.29) is 15.7 Å². The van der Waals surface area contributed by atoms with Crippen LogP contribution in [0.2, 0.25) is 10.0 Å². The first-order chi connectivity index (χ1) is 10.4. The first-order valence-corrected chi connectivity index (χ1v) is 8.18. The van der Waals surface area contributed by atoms with Gasteiger partial charge in [0.15, 0.2) is 5.82 Å². The number of nitrogens with one attached hydrogen (secondary N) is 2. The predicted octanol–water partition coefficient (Wildman–Crippen LogP) is 1.86. The Bertz CT molecular complexity index is 820. The molecule has 2 heterocycles. The van der Waals surface area contributed by atoms with Gasteiger partial charge in [-0.05, 0) is 18.6 Å². The second kappa shape index (κ2) is 5.43. The molecule has 8 nitrogen and oxygen atoms in total. The van der Waals surface area contributed by atoms with Crippen LogP contribution in [0.1, 0.15) is 5.56 Å². The number of hydrogen-bond acceptors (Lipinski definition) is 6. The van der Waals surface area contributed by atoms with Crippen LogP contribution in [-0.4, -0.2) is 30.5 Å². The monoisotopic (exact) mass is 360 g/mol. The molecule has 116 valence electrons. The van der Waals surface area contributed by atoms with E-state index in [1.165, 1.54) is 23.9 Å². The van der Waals surface area contributed by atoms with Gasteiger partial charge in [0.25, 0.3) is 0 Å². The molecule has 0 saturated heterocycles. The summed E-state index contributed by atoms with van der Waals surface area (Å²) < 4.78 is 28.1. The van der Waals surface area contributed by atoms with Crippen molar-refractivity contribution in [3.05, 3.63) is 39.8 Å². The van der Waals surface area contributed by atoms with Crippen molar-refractivity contribution in [3.8, 4) is 0 Å². The Labute approximate surface area is 136 Å². The van der Waals surface area contributed by atoms with E-state index in [4.69, 9.17) is 23.2 Å². The third-order valence-electron chi connectivity index (χ3n) is 2.90. The van der Waals surface area contributed by atoms with E-state index in [1.807, 2.05) is 0 Å². The van der Waals surface area contributed by atoms with E-state index < -0.39 is 10.2 Å². The first-order valence-electron chi connectivity index (χ1n) is 5.98. The van der Waals surface area contributed by atoms with E-state index >= 15 is 0 Å². The number of hydrazine groups is 2. The van der Waals surface area contributed by atoms with Gasteiger partial charge in [-0.15, -0.1) is 5.53 Å². The smallest absolute Gasteiger partial charge is 0.262 e. The lowest BCUT2D eigenvalue weighted by Gasteiger charge is -2.21. The van der Waals surface area contributed by atoms with Crippen LogP contribution in [0.15, 0.2) is 34.1 Å². The average Bonchev–Trinajstić information content (AvgIpc) is 2.93. The van der Waals surface area contributed by atoms with Gasteiger partial charge < -0.3 is 0 Å². The number of fused-ring (bicyclic) bond motifs is 1. The molecule has 0 spiro atoms. The lowest BCUT2D eigenvalue weighted by atomic mass is 10.2. The van der Waals surface area contributed by atoms with E-state index in [1.54, 1.807) is 19.1 Å². The fraction of sp³-hybridized carbons (Fsp3) is 0.0909. The van der Waals surface area contributed by atoms with E-state index in [9.17, 15) is 8.42 Å². The zero-order chi connectivity index (χ0) is 15.9. The molecule has 0 bridgehead atoms. The highest BCUT2D eigenvalue weighted by Crippen LogP contribution is 2.34. The number of rotatable bonds is 3. The number of nitrogens with zero attached hydrogens (tertiary/aromatic N) is 4. The van der Waals surface area contributed by atoms with Gasteiger partial charge in [-0.3, -0.25) is 4.72 Å². The first kappa shape index (κ1) is 15.1. The van der Waals surface area contributed by atoms with Crippen molar-refractivity contribution in [1.29, 1.82) is 0 Å². The Morgan fingerprint density at radius 1 is 1.32 bits per heavy atom. The van der Waals surface area contributed by atoms with Crippen LogP contribution in [-0.2, 0) is 10.2 Å². The van der Waals surface area contributed by atoms with Crippen LogP contribution in [0.3, 0.4) is 0 Å². The van der Waals surface area contributed by atoms with Gasteiger partial charge >= 0.3 is 10.2 Å². The maximum atomic E-state index is 12.4. The summed E-state index contributed by atoms with van der Waals surface area (Å²) in [6.07, 6.45) is 3.99. The van der Waals surface area contributed by atoms with Crippen LogP contribution in [0.4, 0.5) is 5.69 Å². The summed E-state index contributed by atoms with van der Waals surface area (Å²) in [5.41, 5.74) is 3.40. The van der Waals surface area contributed by atoms with Crippen LogP contribution < -0.4 is 10.3 Å². The number of anilines is 1. The molecule has 1 aromatic carbocycles. The number of hydrogen-bond donors (Lipinski definition) is 2. The molecule has 0 unspecified atom stereocenters. The molecule has 1 aromatic rings. The summed E-state index contributed by atoms with van der Waals surface area (Å²) in [4.78, 5) is 7.71. The molecule has 0 radical (unpaired) electrons. The minimum Gasteiger partial charge on any atom is -0.262 e. The van der Waals surface area contributed by atoms with E-state index in [2.05, 4.69) is 20.2 Å². The Hall–Kier alpha value is -1.81. The summed E-state index contributed by atoms with van der Waals surface area (Å²) in [5.74, 6) is 0.377. The molecule has 22 heavy (non-hydrogen) atoms. The van der Waals surface area contributed by atoms with Gasteiger partial charge in [-0.2, -0.15) is 12.8 Å². The SMILES string of the molecule is Cc1ccc(Cl)c(NS(=O)(=O)N2C=C3N=CN=CN3N2)c1Cl. The lowest BCUT2D eigenvalue weighted by Crippen LogP contribution is -2.45. The zero-order valence-electron chi connectivity index (χ0n) is 11.2. The zero-order valence-corrected chi connectivity index (χ0v) is 13.5. The molecule has 0 aromatic heterocycles. The molecule has 0 amide bonds. The summed E-state index contributed by atoms with van der Waals surface area (Å²) in [7, 11) is -3.98. The maximum Gasteiger partial charge on any atom is 0.338 e. The van der Waals surface area contributed by atoms with Crippen molar-refractivity contribution in [3.63, 3.8) is 0 Å². The van der Waals surface area contributed by atoms with Gasteiger partial charge in [-0.1, -0.05) is 29.3 Å². The van der Waals surface area contributed by atoms with Crippen molar-refractivity contribution in [2.24, 2.45) is 9.98 Å². The standard InChI is InChI=1S/C11H10Cl2N6O2S/c1-7-2-3-8(12)11(10(7)13)16-22(20,21)19-4-9-15-5-14-6-18(9)17-19/h2-6,16-17H,1H3. The maximum absolute atomic E-state index is 12.4. The molecule has 2 aliphatic rings. The normalized spacial score (nSPS) is 16.8. The van der Waals surface area contributed by atoms with Crippen LogP contribution in [0.25, 0.3) is 0 Å². The van der Waals surface area contributed by atoms with E-state index in [0.29, 0.717) is 11.4 Å². The van der Waals surface area contributed by atoms with Crippen LogP contribution >= 0.6 is 23.2 Å². The molecule has 0 atom stereocenters. The lowest BCUT2D eigenvalue weighted by molar-refractivity contribution is 0.285. The fourth-order valence-electron chi connectivity index (χ4n) is 1.77. The molecule has 0 fully saturated rings. The van der Waals surface area contributed by atoms with Gasteiger partial charge in [0.1, 0.15) is 12.7 Å². The van der Waals surface area contributed by atoms with Crippen LogP contribution in [0, 0.1) is 6.92 Å². The van der Waals surface area contributed by atoms with Crippen molar-refractivity contribution >= 4 is 51.8 Å². The minimum atomic E-state index is -3.98. The van der Waals surface area contributed by atoms with Gasteiger partial charge in [0.2, 0.25) is 0 Å². The molecule has 3 rings (SSSR count). The molecule has 0 saturated carbocycles. The molecular weight excluding hydrogens is 351 g/mol. The Morgan fingerprint density at radius 3 is 2.82 bits per heavy atom. The summed E-state index contributed by atoms with van der Waals surface area (Å²) in [6.45, 7) is 1.75. The fourth-order valence-corrected chi connectivity index (χ4v) is 3.35. The Morgan fingerprint density at radius 2 is 2.09 bits per heavy atom. The summed E-state index contributed by atoms with van der Waals surface area (Å²) >= 11 is 12.1. The number of aryl methyl sites for hydroxylation is 1. The predicted molar refractivity (Wildman–Crippen MR) is 85.6 cm³/mol. The number of aliphatic imine (C=N–C) groups is 2. The van der Waals surface area contributed by atoms with Crippen molar-refractivity contribution in [1.82, 2.24) is 15.0 Å². The third-order valence-corrected chi connectivity index (χ3v) is 4.87. The van der Waals surface area contributed by atoms with E-state index in [0.717, 1.165) is 4.41 Å². The summed E-state index contributed by atoms with van der Waals surface area (Å²) in [5, 5.41) is 1.78. The number of benzene rings is 1. The van der Waals surface area contributed by atoms with Gasteiger partial charge in [0.05, 0.1) is 21.9 Å². The third kappa shape index (κ3) is 2.63. The highest BCUT2D eigenvalue weighted by atomic mass is 35.5. The second-order valence-electron chi connectivity index (χ2n) is 4.42. The van der Waals surface area contributed by atoms with Crippen molar-refractivity contribution in [2.75, 3.05) is 4.72 Å². The Balaban J connectivity index is 1.90. The molecular formula is C11H10Cl2N6O2S. The molecule has 2 N–H and O–H groups in total. The highest BCUT2D eigenvalue weighted by molar-refractivity contribution is 7.90. The average molecular weight is 361 g/mol. The van der Waals surface area contributed by atoms with Crippen molar-refractivity contribution in [2.45, 2.75) is 6.92 Å². The highest BCUT2D eigenvalue weighted by Gasteiger charge is 2.30. The van der Waals surface area contributed by atoms with Crippen molar-refractivity contribution < 1.29 is 8.42 Å². The second-order valence-corrected chi connectivity index (χ2v) is 6.76. The topological polar surface area (TPSA) is 89.4 Å². The van der Waals surface area contributed by atoms with Gasteiger partial charge in [-0.25, -0.2) is 15.0 Å². The molecule has 0 aliphatic carbocycles. The quantitative estimate of drug-likeness (QED) is 0.860. The van der Waals surface area contributed by atoms with Crippen LogP contribution in [0.5, 0.6) is 0 Å². The molecule has 2 aliphatic heterocycles. The largest absolute Gasteiger partial charge is 0.338 e. The summed E-state index contributed by atoms with van der Waals surface area (Å²) in [6, 6.07) is 3.26. The number of halogens is 2. The van der Waals surface area contributed by atoms with Gasteiger partial charge in [0, 0.05) is 0 Å².